The summed E-state index contributed by atoms with van der Waals surface area (Å²) in [6.45, 7) is 2.70. The Kier molecular flexibility index (Phi) is 4.14. The summed E-state index contributed by atoms with van der Waals surface area (Å²) >= 11 is 0. The van der Waals surface area contributed by atoms with E-state index in [2.05, 4.69) is 20.6 Å². The van der Waals surface area contributed by atoms with Crippen LogP contribution >= 0.6 is 0 Å². The quantitative estimate of drug-likeness (QED) is 0.545. The topological polar surface area (TPSA) is 113 Å². The molecule has 2 rings (SSSR count). The number of anilines is 1. The van der Waals surface area contributed by atoms with Crippen LogP contribution in [-0.4, -0.2) is 33.9 Å². The Labute approximate surface area is 114 Å². The van der Waals surface area contributed by atoms with Crippen LogP contribution in [0, 0.1) is 10.1 Å². The Balaban J connectivity index is 2.04. The molecule has 0 radical (unpaired) electrons. The van der Waals surface area contributed by atoms with Gasteiger partial charge in [-0.25, -0.2) is 4.98 Å². The second kappa shape index (κ2) is 6.00. The second-order valence-corrected chi connectivity index (χ2v) is 4.25. The Morgan fingerprint density at radius 3 is 3.00 bits per heavy atom. The van der Waals surface area contributed by atoms with Crippen LogP contribution in [0.4, 0.5) is 11.6 Å². The van der Waals surface area contributed by atoms with Gasteiger partial charge >= 0.3 is 0 Å². The lowest BCUT2D eigenvalue weighted by atomic mass is 10.3. The van der Waals surface area contributed by atoms with Gasteiger partial charge in [0, 0.05) is 18.7 Å². The van der Waals surface area contributed by atoms with Crippen molar-refractivity contribution < 1.29 is 9.72 Å². The molecule has 0 fully saturated rings. The number of aromatic nitrogens is 2. The van der Waals surface area contributed by atoms with Crippen LogP contribution in [-0.2, 0) is 4.79 Å². The first-order valence-electron chi connectivity index (χ1n) is 6.25. The first kappa shape index (κ1) is 13.8. The number of nitrogens with zero attached hydrogens (tertiary/aromatic N) is 2. The molecule has 1 heterocycles. The average molecular weight is 277 g/mol. The van der Waals surface area contributed by atoms with E-state index in [4.69, 9.17) is 0 Å². The molecule has 0 saturated heterocycles. The van der Waals surface area contributed by atoms with Crippen molar-refractivity contribution in [2.24, 2.45) is 0 Å². The van der Waals surface area contributed by atoms with Crippen LogP contribution in [0.1, 0.15) is 13.3 Å². The smallest absolute Gasteiger partial charge is 0.271 e. The second-order valence-electron chi connectivity index (χ2n) is 4.25. The van der Waals surface area contributed by atoms with Crippen molar-refractivity contribution in [2.45, 2.75) is 13.3 Å². The highest BCUT2D eigenvalue weighted by Crippen LogP contribution is 2.20. The molecular weight excluding hydrogens is 262 g/mol. The number of carbonyl (C=O) groups is 1. The van der Waals surface area contributed by atoms with Gasteiger partial charge in [0.2, 0.25) is 11.9 Å². The summed E-state index contributed by atoms with van der Waals surface area (Å²) in [4.78, 5) is 28.7. The van der Waals surface area contributed by atoms with Crippen LogP contribution in [0.2, 0.25) is 0 Å². The fraction of sp³-hybridized carbons (Fsp3) is 0.333. The lowest BCUT2D eigenvalue weighted by Crippen LogP contribution is -2.30. The zero-order valence-corrected chi connectivity index (χ0v) is 11.0. The number of rotatable bonds is 6. The maximum atomic E-state index is 11.4. The number of imidazole rings is 1. The van der Waals surface area contributed by atoms with E-state index in [9.17, 15) is 14.9 Å². The molecule has 0 atom stereocenters. The Bertz CT molecular complexity index is 637. The third kappa shape index (κ3) is 3.22. The molecule has 2 aromatic rings. The molecule has 0 unspecified atom stereocenters. The van der Waals surface area contributed by atoms with Crippen molar-refractivity contribution in [1.82, 2.24) is 15.3 Å². The number of nitrogens with one attached hydrogen (secondary N) is 3. The summed E-state index contributed by atoms with van der Waals surface area (Å²) in [6, 6.07) is 4.36. The molecule has 1 aromatic carbocycles. The lowest BCUT2D eigenvalue weighted by molar-refractivity contribution is -0.384. The Morgan fingerprint density at radius 2 is 2.30 bits per heavy atom. The summed E-state index contributed by atoms with van der Waals surface area (Å²) in [5.41, 5.74) is 1.15. The summed E-state index contributed by atoms with van der Waals surface area (Å²) in [5, 5.41) is 16.2. The molecule has 1 aromatic heterocycles. The van der Waals surface area contributed by atoms with Gasteiger partial charge in [0.05, 0.1) is 22.5 Å². The van der Waals surface area contributed by atoms with Crippen molar-refractivity contribution in [1.29, 1.82) is 0 Å². The monoisotopic (exact) mass is 277 g/mol. The van der Waals surface area contributed by atoms with Gasteiger partial charge in [-0.3, -0.25) is 14.9 Å². The number of nitro groups is 1. The van der Waals surface area contributed by atoms with Crippen LogP contribution in [0.5, 0.6) is 0 Å². The van der Waals surface area contributed by atoms with Crippen LogP contribution in [0.15, 0.2) is 18.2 Å². The van der Waals surface area contributed by atoms with Gasteiger partial charge in [0.15, 0.2) is 0 Å². The van der Waals surface area contributed by atoms with E-state index in [1.165, 1.54) is 12.1 Å². The highest BCUT2D eigenvalue weighted by Gasteiger charge is 2.10. The van der Waals surface area contributed by atoms with E-state index in [1.807, 2.05) is 6.92 Å². The van der Waals surface area contributed by atoms with Crippen molar-refractivity contribution in [3.63, 3.8) is 0 Å². The summed E-state index contributed by atoms with van der Waals surface area (Å²) in [6.07, 6.45) is 0.875. The standard InChI is InChI=1S/C12H15N5O3/c1-2-5-13-11(18)7-14-12-15-9-4-3-8(17(19)20)6-10(9)16-12/h3-4,6H,2,5,7H2,1H3,(H,13,18)(H2,14,15,16). The number of hydrogen-bond acceptors (Lipinski definition) is 5. The van der Waals surface area contributed by atoms with E-state index in [1.54, 1.807) is 6.07 Å². The highest BCUT2D eigenvalue weighted by atomic mass is 16.6. The van der Waals surface area contributed by atoms with Gasteiger partial charge in [0.25, 0.3) is 5.69 Å². The molecule has 0 aliphatic carbocycles. The molecule has 106 valence electrons. The number of carbonyl (C=O) groups excluding carboxylic acids is 1. The number of hydrogen-bond donors (Lipinski definition) is 3. The first-order valence-corrected chi connectivity index (χ1v) is 6.25. The minimum Gasteiger partial charge on any atom is -0.355 e. The van der Waals surface area contributed by atoms with Crippen LogP contribution < -0.4 is 10.6 Å². The van der Waals surface area contributed by atoms with Gasteiger partial charge in [-0.1, -0.05) is 6.92 Å². The maximum absolute atomic E-state index is 11.4. The number of fused-ring (bicyclic) bond motifs is 1. The predicted molar refractivity (Wildman–Crippen MR) is 74.5 cm³/mol. The SMILES string of the molecule is CCCNC(=O)CNc1nc2ccc([N+](=O)[O-])cc2[nH]1. The van der Waals surface area contributed by atoms with Crippen molar-refractivity contribution >= 4 is 28.6 Å². The lowest BCUT2D eigenvalue weighted by Gasteiger charge is -2.03. The van der Waals surface area contributed by atoms with E-state index >= 15 is 0 Å². The van der Waals surface area contributed by atoms with Crippen LogP contribution in [0.3, 0.4) is 0 Å². The minimum absolute atomic E-state index is 0.00612. The zero-order valence-electron chi connectivity index (χ0n) is 11.0. The number of H-pyrrole nitrogens is 1. The molecule has 8 heteroatoms. The van der Waals surface area contributed by atoms with E-state index in [0.717, 1.165) is 6.42 Å². The number of nitro benzene ring substituents is 1. The van der Waals surface area contributed by atoms with E-state index in [0.29, 0.717) is 23.5 Å². The number of amides is 1. The average Bonchev–Trinajstić information content (AvgIpc) is 2.84. The largest absolute Gasteiger partial charge is 0.355 e. The normalized spacial score (nSPS) is 10.4. The van der Waals surface area contributed by atoms with Gasteiger partial charge in [-0.2, -0.15) is 0 Å². The van der Waals surface area contributed by atoms with Gasteiger partial charge < -0.3 is 15.6 Å². The van der Waals surface area contributed by atoms with Crippen molar-refractivity contribution in [3.05, 3.63) is 28.3 Å². The van der Waals surface area contributed by atoms with Crippen molar-refractivity contribution in [3.8, 4) is 0 Å². The third-order valence-electron chi connectivity index (χ3n) is 2.66. The molecule has 0 aliphatic rings. The Morgan fingerprint density at radius 1 is 1.50 bits per heavy atom. The summed E-state index contributed by atoms with van der Waals surface area (Å²) < 4.78 is 0. The van der Waals surface area contributed by atoms with Gasteiger partial charge in [0.1, 0.15) is 0 Å². The van der Waals surface area contributed by atoms with E-state index in [-0.39, 0.29) is 18.1 Å². The zero-order chi connectivity index (χ0) is 14.5. The van der Waals surface area contributed by atoms with Crippen molar-refractivity contribution in [2.75, 3.05) is 18.4 Å². The molecule has 0 spiro atoms. The summed E-state index contributed by atoms with van der Waals surface area (Å²) in [5.74, 6) is 0.283. The fourth-order valence-corrected chi connectivity index (χ4v) is 1.69. The highest BCUT2D eigenvalue weighted by molar-refractivity contribution is 5.82. The molecule has 8 nitrogen and oxygen atoms in total. The fourth-order valence-electron chi connectivity index (χ4n) is 1.69. The molecule has 20 heavy (non-hydrogen) atoms. The predicted octanol–water partition coefficient (Wildman–Crippen LogP) is 1.41. The third-order valence-corrected chi connectivity index (χ3v) is 2.66. The molecule has 3 N–H and O–H groups in total. The number of non-ortho nitro benzene ring substituents is 1. The van der Waals surface area contributed by atoms with Gasteiger partial charge in [-0.05, 0) is 12.5 Å². The van der Waals surface area contributed by atoms with Gasteiger partial charge in [-0.15, -0.1) is 0 Å². The first-order chi connectivity index (χ1) is 9.60. The van der Waals surface area contributed by atoms with E-state index < -0.39 is 4.92 Å². The molecular formula is C12H15N5O3. The summed E-state index contributed by atoms with van der Waals surface area (Å²) in [7, 11) is 0. The minimum atomic E-state index is -0.467. The number of aromatic amines is 1. The molecule has 1 amide bonds. The van der Waals surface area contributed by atoms with Crippen LogP contribution in [0.25, 0.3) is 11.0 Å². The maximum Gasteiger partial charge on any atom is 0.271 e. The molecule has 0 aliphatic heterocycles. The molecule has 0 bridgehead atoms. The number of benzene rings is 1. The molecule has 0 saturated carbocycles. The Hall–Kier alpha value is -2.64.